The number of hydrogen-bond donors (Lipinski definition) is 2. The van der Waals surface area contributed by atoms with Crippen LogP contribution in [0.4, 0.5) is 0 Å². The Morgan fingerprint density at radius 1 is 1.42 bits per heavy atom. The fourth-order valence-corrected chi connectivity index (χ4v) is 1.05. The maximum Gasteiger partial charge on any atom is 0.128 e. The lowest BCUT2D eigenvalue weighted by Gasteiger charge is -2.10. The molecule has 0 radical (unpaired) electrons. The molecule has 0 aromatic heterocycles. The highest BCUT2D eigenvalue weighted by atomic mass is 16.3. The molecule has 12 heavy (non-hydrogen) atoms. The molecule has 0 spiro atoms. The van der Waals surface area contributed by atoms with Crippen LogP contribution >= 0.6 is 0 Å². The third-order valence-corrected chi connectivity index (χ3v) is 1.72. The van der Waals surface area contributed by atoms with Gasteiger partial charge in [-0.25, -0.2) is 0 Å². The second-order valence-corrected chi connectivity index (χ2v) is 2.73. The van der Waals surface area contributed by atoms with Crippen molar-refractivity contribution in [2.24, 2.45) is 0 Å². The first-order valence-electron chi connectivity index (χ1n) is 3.97. The summed E-state index contributed by atoms with van der Waals surface area (Å²) >= 11 is 0. The molecular weight excluding hydrogens is 154 g/mol. The Morgan fingerprint density at radius 3 is 2.50 bits per heavy atom. The highest BCUT2D eigenvalue weighted by Gasteiger charge is 2.06. The first-order chi connectivity index (χ1) is 5.74. The van der Waals surface area contributed by atoms with Crippen molar-refractivity contribution < 1.29 is 15.5 Å². The number of quaternary nitrogens is 1. The van der Waals surface area contributed by atoms with E-state index in [0.29, 0.717) is 6.54 Å². The van der Waals surface area contributed by atoms with E-state index in [2.05, 4.69) is 0 Å². The monoisotopic (exact) mass is 167 g/mol. The van der Waals surface area contributed by atoms with Crippen LogP contribution in [-0.4, -0.2) is 18.7 Å². The van der Waals surface area contributed by atoms with Crippen LogP contribution in [0.2, 0.25) is 0 Å². The zero-order chi connectivity index (χ0) is 8.97. The Bertz CT molecular complexity index is 233. The molecule has 0 aliphatic rings. The molecule has 0 heterocycles. The van der Waals surface area contributed by atoms with Crippen molar-refractivity contribution >= 4 is 0 Å². The highest BCUT2D eigenvalue weighted by Crippen LogP contribution is 2.13. The molecule has 0 fully saturated rings. The Hall–Kier alpha value is -1.06. The molecule has 1 atom stereocenters. The predicted molar refractivity (Wildman–Crippen MR) is 43.6 cm³/mol. The molecule has 1 aromatic rings. The van der Waals surface area contributed by atoms with Gasteiger partial charge in [-0.3, -0.25) is 0 Å². The maximum atomic E-state index is 10.7. The van der Waals surface area contributed by atoms with Crippen molar-refractivity contribution in [3.63, 3.8) is 0 Å². The number of aliphatic hydroxyl groups excluding tert-OH is 1. The molecule has 1 rings (SSSR count). The van der Waals surface area contributed by atoms with Gasteiger partial charge in [0.1, 0.15) is 12.6 Å². The summed E-state index contributed by atoms with van der Waals surface area (Å²) < 4.78 is 0. The maximum absolute atomic E-state index is 10.7. The van der Waals surface area contributed by atoms with Crippen molar-refractivity contribution in [3.8, 4) is 5.75 Å². The van der Waals surface area contributed by atoms with E-state index in [1.807, 2.05) is 12.4 Å². The minimum absolute atomic E-state index is 0.0218. The van der Waals surface area contributed by atoms with Crippen LogP contribution in [0.3, 0.4) is 0 Å². The Balaban J connectivity index is 2.68. The third-order valence-electron chi connectivity index (χ3n) is 1.72. The minimum Gasteiger partial charge on any atom is -0.872 e. The first-order valence-corrected chi connectivity index (χ1v) is 3.97. The van der Waals surface area contributed by atoms with E-state index in [1.165, 1.54) is 12.1 Å². The van der Waals surface area contributed by atoms with Crippen LogP contribution in [0.25, 0.3) is 0 Å². The smallest absolute Gasteiger partial charge is 0.128 e. The lowest BCUT2D eigenvalue weighted by atomic mass is 10.1. The standard InChI is InChI=1S/C9H13NO2/c1-10-6-9(12)7-2-4-8(11)5-3-7/h2-5,9-12H,6H2,1H3/t9-/m0/s1. The van der Waals surface area contributed by atoms with Crippen molar-refractivity contribution in [2.75, 3.05) is 13.6 Å². The molecule has 0 bridgehead atoms. The average molecular weight is 167 g/mol. The summed E-state index contributed by atoms with van der Waals surface area (Å²) in [5, 5.41) is 22.1. The Kier molecular flexibility index (Phi) is 3.08. The summed E-state index contributed by atoms with van der Waals surface area (Å²) in [4.78, 5) is 0. The lowest BCUT2D eigenvalue weighted by molar-refractivity contribution is -0.634. The minimum atomic E-state index is -0.476. The number of rotatable bonds is 3. The van der Waals surface area contributed by atoms with Crippen molar-refractivity contribution in [1.82, 2.24) is 0 Å². The largest absolute Gasteiger partial charge is 0.872 e. The van der Waals surface area contributed by atoms with Crippen LogP contribution in [0.5, 0.6) is 5.75 Å². The van der Waals surface area contributed by atoms with Gasteiger partial charge in [0.2, 0.25) is 0 Å². The molecule has 0 saturated heterocycles. The highest BCUT2D eigenvalue weighted by molar-refractivity contribution is 5.26. The van der Waals surface area contributed by atoms with Gasteiger partial charge in [-0.15, -0.1) is 5.75 Å². The third kappa shape index (κ3) is 2.22. The molecule has 0 saturated carbocycles. The molecule has 0 aliphatic heterocycles. The SMILES string of the molecule is C[NH2+]C[C@H](O)c1ccc([O-])cc1. The van der Waals surface area contributed by atoms with E-state index in [4.69, 9.17) is 0 Å². The number of nitrogens with two attached hydrogens (primary N) is 1. The number of hydrogen-bond acceptors (Lipinski definition) is 2. The van der Waals surface area contributed by atoms with E-state index >= 15 is 0 Å². The Morgan fingerprint density at radius 2 is 2.00 bits per heavy atom. The Labute approximate surface area is 71.7 Å². The summed E-state index contributed by atoms with van der Waals surface area (Å²) in [6, 6.07) is 6.26. The summed E-state index contributed by atoms with van der Waals surface area (Å²) in [5.74, 6) is -0.0218. The topological polar surface area (TPSA) is 59.9 Å². The zero-order valence-corrected chi connectivity index (χ0v) is 7.03. The zero-order valence-electron chi connectivity index (χ0n) is 7.03. The van der Waals surface area contributed by atoms with E-state index in [9.17, 15) is 10.2 Å². The average Bonchev–Trinajstić information content (AvgIpc) is 2.06. The van der Waals surface area contributed by atoms with Crippen molar-refractivity contribution in [3.05, 3.63) is 29.8 Å². The lowest BCUT2D eigenvalue weighted by Crippen LogP contribution is -2.80. The second-order valence-electron chi connectivity index (χ2n) is 2.73. The molecule has 3 N–H and O–H groups in total. The molecule has 66 valence electrons. The summed E-state index contributed by atoms with van der Waals surface area (Å²) in [7, 11) is 1.89. The number of likely N-dealkylation sites (N-methyl/N-ethyl adjacent to an activating group) is 1. The molecule has 3 nitrogen and oxygen atoms in total. The van der Waals surface area contributed by atoms with Gasteiger partial charge in [-0.1, -0.05) is 24.3 Å². The van der Waals surface area contributed by atoms with Crippen LogP contribution in [0, 0.1) is 0 Å². The van der Waals surface area contributed by atoms with Crippen LogP contribution < -0.4 is 10.4 Å². The molecule has 3 heteroatoms. The fourth-order valence-electron chi connectivity index (χ4n) is 1.05. The van der Waals surface area contributed by atoms with E-state index in [-0.39, 0.29) is 5.75 Å². The van der Waals surface area contributed by atoms with Gasteiger partial charge in [-0.2, -0.15) is 0 Å². The predicted octanol–water partition coefficient (Wildman–Crippen LogP) is -1.01. The van der Waals surface area contributed by atoms with Gasteiger partial charge in [0.05, 0.1) is 7.05 Å². The molecule has 0 unspecified atom stereocenters. The number of aliphatic hydroxyl groups is 1. The van der Waals surface area contributed by atoms with Crippen LogP contribution in [0.15, 0.2) is 24.3 Å². The molecular formula is C9H13NO2. The van der Waals surface area contributed by atoms with Gasteiger partial charge in [-0.05, 0) is 5.56 Å². The van der Waals surface area contributed by atoms with Crippen molar-refractivity contribution in [2.45, 2.75) is 6.10 Å². The van der Waals surface area contributed by atoms with Gasteiger partial charge in [0.15, 0.2) is 0 Å². The molecule has 0 amide bonds. The van der Waals surface area contributed by atoms with E-state index in [0.717, 1.165) is 5.56 Å². The van der Waals surface area contributed by atoms with E-state index in [1.54, 1.807) is 12.1 Å². The quantitative estimate of drug-likeness (QED) is 0.606. The fraction of sp³-hybridized carbons (Fsp3) is 0.333. The molecule has 1 aromatic carbocycles. The normalized spacial score (nSPS) is 12.8. The van der Waals surface area contributed by atoms with Crippen LogP contribution in [0.1, 0.15) is 11.7 Å². The van der Waals surface area contributed by atoms with Gasteiger partial charge >= 0.3 is 0 Å². The number of benzene rings is 1. The van der Waals surface area contributed by atoms with Gasteiger partial charge in [0.25, 0.3) is 0 Å². The van der Waals surface area contributed by atoms with Gasteiger partial charge in [0, 0.05) is 0 Å². The van der Waals surface area contributed by atoms with E-state index < -0.39 is 6.10 Å². The van der Waals surface area contributed by atoms with Crippen LogP contribution in [-0.2, 0) is 0 Å². The first kappa shape index (κ1) is 9.03. The summed E-state index contributed by atoms with van der Waals surface area (Å²) in [6.07, 6.45) is -0.476. The summed E-state index contributed by atoms with van der Waals surface area (Å²) in [5.41, 5.74) is 0.799. The summed E-state index contributed by atoms with van der Waals surface area (Å²) in [6.45, 7) is 0.623. The van der Waals surface area contributed by atoms with Gasteiger partial charge < -0.3 is 15.5 Å². The second kappa shape index (κ2) is 4.09. The molecule has 0 aliphatic carbocycles. The van der Waals surface area contributed by atoms with Crippen molar-refractivity contribution in [1.29, 1.82) is 0 Å².